The predicted octanol–water partition coefficient (Wildman–Crippen LogP) is -0.0377. The van der Waals surface area contributed by atoms with E-state index >= 15 is 0 Å². The van der Waals surface area contributed by atoms with Crippen molar-refractivity contribution in [2.45, 2.75) is 62.4 Å². The second kappa shape index (κ2) is 12.3. The molecule has 0 aliphatic carbocycles. The maximum absolute atomic E-state index is 13.4. The third-order valence-corrected chi connectivity index (χ3v) is 7.74. The predicted molar refractivity (Wildman–Crippen MR) is 143 cm³/mol. The minimum absolute atomic E-state index is 0.132. The van der Waals surface area contributed by atoms with Crippen LogP contribution in [0.15, 0.2) is 36.4 Å². The van der Waals surface area contributed by atoms with Crippen molar-refractivity contribution in [2.24, 2.45) is 0 Å². The lowest BCUT2D eigenvalue weighted by molar-refractivity contribution is -0.277. The molecule has 2 aromatic rings. The molecule has 3 aliphatic rings. The number of carbonyl (C=O) groups is 2. The second-order valence-corrected chi connectivity index (χ2v) is 10.2. The second-order valence-electron chi connectivity index (χ2n) is 10.2. The fraction of sp³-hybridized carbons (Fsp3) is 0.500. The average molecular weight is 591 g/mol. The normalized spacial score (nSPS) is 28.9. The van der Waals surface area contributed by atoms with Gasteiger partial charge in [-0.1, -0.05) is 12.1 Å². The van der Waals surface area contributed by atoms with Crippen LogP contribution in [-0.2, 0) is 16.1 Å². The molecule has 14 heteroatoms. The Labute approximate surface area is 241 Å². The molecule has 14 nitrogen and oxygen atoms in total. The quantitative estimate of drug-likeness (QED) is 0.290. The number of nitrogens with zero attached hydrogens (tertiary/aromatic N) is 2. The molecule has 0 bridgehead atoms. The van der Waals surface area contributed by atoms with Crippen molar-refractivity contribution in [3.63, 3.8) is 0 Å². The number of hydrogen-bond acceptors (Lipinski definition) is 12. The zero-order valence-corrected chi connectivity index (χ0v) is 23.0. The van der Waals surface area contributed by atoms with Gasteiger partial charge in [-0.15, -0.1) is 0 Å². The van der Waals surface area contributed by atoms with Gasteiger partial charge < -0.3 is 54.1 Å². The number of benzene rings is 2. The van der Waals surface area contributed by atoms with Crippen molar-refractivity contribution in [3.8, 4) is 17.2 Å². The third-order valence-electron chi connectivity index (χ3n) is 7.74. The Morgan fingerprint density at radius 3 is 2.36 bits per heavy atom. The highest BCUT2D eigenvalue weighted by Gasteiger charge is 2.46. The molecule has 0 aromatic heterocycles. The van der Waals surface area contributed by atoms with Crippen molar-refractivity contribution >= 4 is 17.7 Å². The van der Waals surface area contributed by atoms with Crippen LogP contribution in [0.4, 0.5) is 10.5 Å². The van der Waals surface area contributed by atoms with Crippen LogP contribution in [-0.4, -0.2) is 113 Å². The molecule has 2 saturated heterocycles. The highest BCUT2D eigenvalue weighted by atomic mass is 16.7. The summed E-state index contributed by atoms with van der Waals surface area (Å²) in [5, 5.41) is 50.7. The molecule has 2 unspecified atom stereocenters. The molecule has 0 radical (unpaired) electrons. The monoisotopic (exact) mass is 590 g/mol. The number of carbonyl (C=O) groups excluding carboxylic acids is 2. The van der Waals surface area contributed by atoms with E-state index in [0.29, 0.717) is 30.7 Å². The van der Waals surface area contributed by atoms with Crippen LogP contribution in [0.2, 0.25) is 0 Å². The van der Waals surface area contributed by atoms with Gasteiger partial charge in [0.15, 0.2) is 17.7 Å². The van der Waals surface area contributed by atoms with Crippen LogP contribution in [0.25, 0.3) is 0 Å². The first kappa shape index (κ1) is 29.8. The van der Waals surface area contributed by atoms with Gasteiger partial charge in [-0.2, -0.15) is 0 Å². The van der Waals surface area contributed by atoms with E-state index in [1.54, 1.807) is 17.0 Å². The summed E-state index contributed by atoms with van der Waals surface area (Å²) in [7, 11) is 2.86. The molecule has 2 fully saturated rings. The molecular formula is C28H34N2O12. The van der Waals surface area contributed by atoms with Crippen molar-refractivity contribution in [1.29, 1.82) is 0 Å². The number of aliphatic hydroxyl groups excluding tert-OH is 5. The lowest BCUT2D eigenvalue weighted by atomic mass is 9.99. The van der Waals surface area contributed by atoms with Crippen molar-refractivity contribution in [2.75, 3.05) is 32.3 Å². The van der Waals surface area contributed by atoms with E-state index in [-0.39, 0.29) is 35.3 Å². The molecule has 0 spiro atoms. The molecule has 0 saturated carbocycles. The van der Waals surface area contributed by atoms with Crippen LogP contribution in [0.3, 0.4) is 0 Å². The summed E-state index contributed by atoms with van der Waals surface area (Å²) < 4.78 is 27.2. The van der Waals surface area contributed by atoms with Gasteiger partial charge in [0, 0.05) is 12.6 Å². The van der Waals surface area contributed by atoms with Gasteiger partial charge >= 0.3 is 6.09 Å². The van der Waals surface area contributed by atoms with Gasteiger partial charge in [-0.25, -0.2) is 9.69 Å². The van der Waals surface area contributed by atoms with Crippen molar-refractivity contribution in [1.82, 2.24) is 4.90 Å². The summed E-state index contributed by atoms with van der Waals surface area (Å²) in [6.45, 7) is -0.333. The highest BCUT2D eigenvalue weighted by molar-refractivity contribution is 6.06. The van der Waals surface area contributed by atoms with Crippen LogP contribution in [0.5, 0.6) is 17.2 Å². The summed E-state index contributed by atoms with van der Waals surface area (Å²) in [6, 6.07) is 8.56. The number of aliphatic hydroxyl groups is 5. The Balaban J connectivity index is 1.31. The Morgan fingerprint density at radius 1 is 1.00 bits per heavy atom. The number of ether oxygens (including phenoxy) is 5. The standard InChI is InChI=1S/C28H34N2O12/c1-38-19-10-16-18(11-20(19)39-2)30(26(36)17-4-3-9-29(17)25(16)35)28(37)40-13-14-5-7-15(8-6-14)41-27-24(34)23(33)22(32)21(12-31)42-27/h5-8,10-11,17,21-24,26-27,31-34,36H,3-4,9,12-13H2,1-2H3/t17-,21+,22-,23-,24+,26?,27?/m0/s1. The largest absolute Gasteiger partial charge is 0.493 e. The van der Waals surface area contributed by atoms with Crippen molar-refractivity contribution in [3.05, 3.63) is 47.5 Å². The topological polar surface area (TPSA) is 188 Å². The average Bonchev–Trinajstić information content (AvgIpc) is 3.48. The molecule has 7 atom stereocenters. The smallest absolute Gasteiger partial charge is 0.416 e. The molecule has 42 heavy (non-hydrogen) atoms. The number of methoxy groups -OCH3 is 2. The number of hydrogen-bond donors (Lipinski definition) is 5. The maximum atomic E-state index is 13.4. The lowest BCUT2D eigenvalue weighted by Gasteiger charge is -2.39. The number of amides is 2. The van der Waals surface area contributed by atoms with E-state index in [2.05, 4.69) is 0 Å². The minimum Gasteiger partial charge on any atom is -0.493 e. The zero-order valence-electron chi connectivity index (χ0n) is 23.0. The van der Waals surface area contributed by atoms with Gasteiger partial charge in [-0.3, -0.25) is 4.79 Å². The fourth-order valence-corrected chi connectivity index (χ4v) is 5.45. The molecule has 5 N–H and O–H groups in total. The van der Waals surface area contributed by atoms with Gasteiger partial charge in [-0.05, 0) is 36.6 Å². The molecule has 3 aliphatic heterocycles. The van der Waals surface area contributed by atoms with E-state index in [0.717, 1.165) is 4.90 Å². The van der Waals surface area contributed by atoms with E-state index < -0.39 is 55.7 Å². The first-order valence-corrected chi connectivity index (χ1v) is 13.5. The highest BCUT2D eigenvalue weighted by Crippen LogP contribution is 2.41. The van der Waals surface area contributed by atoms with Gasteiger partial charge in [0.1, 0.15) is 36.8 Å². The molecule has 228 valence electrons. The van der Waals surface area contributed by atoms with Gasteiger partial charge in [0.05, 0.1) is 38.1 Å². The SMILES string of the molecule is COc1cc2c(cc1OC)N(C(=O)OCc1ccc(OC3O[C@H](CO)[C@H](O)[C@H](O)[C@H]3O)cc1)C(O)[C@@H]1CCCN1C2=O. The number of fused-ring (bicyclic) bond motifs is 2. The van der Waals surface area contributed by atoms with E-state index in [9.17, 15) is 35.1 Å². The summed E-state index contributed by atoms with van der Waals surface area (Å²) >= 11 is 0. The molecule has 2 amide bonds. The van der Waals surface area contributed by atoms with Gasteiger partial charge in [0.25, 0.3) is 5.91 Å². The summed E-state index contributed by atoms with van der Waals surface area (Å²) in [5.74, 6) is 0.479. The Hall–Kier alpha value is -3.66. The minimum atomic E-state index is -1.58. The lowest BCUT2D eigenvalue weighted by Crippen LogP contribution is -2.60. The van der Waals surface area contributed by atoms with Crippen LogP contribution in [0, 0.1) is 0 Å². The molecular weight excluding hydrogens is 556 g/mol. The summed E-state index contributed by atoms with van der Waals surface area (Å²) in [4.78, 5) is 29.5. The van der Waals surface area contributed by atoms with E-state index in [1.165, 1.54) is 38.5 Å². The van der Waals surface area contributed by atoms with Crippen molar-refractivity contribution < 1.29 is 58.8 Å². The van der Waals surface area contributed by atoms with Crippen LogP contribution >= 0.6 is 0 Å². The Kier molecular flexibility index (Phi) is 8.73. The summed E-state index contributed by atoms with van der Waals surface area (Å²) in [5.41, 5.74) is 0.857. The first-order valence-electron chi connectivity index (χ1n) is 13.5. The first-order chi connectivity index (χ1) is 20.2. The van der Waals surface area contributed by atoms with Crippen LogP contribution < -0.4 is 19.1 Å². The summed E-state index contributed by atoms with van der Waals surface area (Å²) in [6.07, 6.45) is -8.15. The van der Waals surface area contributed by atoms with E-state index in [4.69, 9.17) is 23.7 Å². The Bertz CT molecular complexity index is 1290. The van der Waals surface area contributed by atoms with Gasteiger partial charge in [0.2, 0.25) is 6.29 Å². The fourth-order valence-electron chi connectivity index (χ4n) is 5.45. The molecule has 3 heterocycles. The van der Waals surface area contributed by atoms with E-state index in [1.807, 2.05) is 0 Å². The maximum Gasteiger partial charge on any atom is 0.416 e. The Morgan fingerprint density at radius 2 is 1.69 bits per heavy atom. The van der Waals surface area contributed by atoms with Crippen LogP contribution in [0.1, 0.15) is 28.8 Å². The third kappa shape index (κ3) is 5.44. The molecule has 2 aromatic carbocycles. The zero-order chi connectivity index (χ0) is 30.1. The number of rotatable bonds is 7. The number of anilines is 1. The molecule has 5 rings (SSSR count).